The minimum atomic E-state index is -4.82. The van der Waals surface area contributed by atoms with Crippen LogP contribution in [0.4, 0.5) is 5.82 Å². The summed E-state index contributed by atoms with van der Waals surface area (Å²) in [5.74, 6) is -1.66. The van der Waals surface area contributed by atoms with Gasteiger partial charge in [-0.15, -0.1) is 0 Å². The summed E-state index contributed by atoms with van der Waals surface area (Å²) in [5.41, 5.74) is 4.99. The molecule has 0 saturated carbocycles. The Morgan fingerprint density at radius 2 is 2.05 bits per heavy atom. The first-order chi connectivity index (χ1) is 10.1. The highest BCUT2D eigenvalue weighted by molar-refractivity contribution is 7.50. The molecule has 1 aromatic rings. The Morgan fingerprint density at radius 3 is 2.55 bits per heavy atom. The van der Waals surface area contributed by atoms with Crippen molar-refractivity contribution in [2.45, 2.75) is 24.4 Å². The summed E-state index contributed by atoms with van der Waals surface area (Å²) in [4.78, 5) is 35.1. The fourth-order valence-electron chi connectivity index (χ4n) is 2.02. The van der Waals surface area contributed by atoms with Crippen LogP contribution in [0.2, 0.25) is 0 Å². The van der Waals surface area contributed by atoms with Crippen LogP contribution < -0.4 is 10.8 Å². The molecule has 4 atom stereocenters. The summed E-state index contributed by atoms with van der Waals surface area (Å²) in [7, 11) is -4.82. The van der Waals surface area contributed by atoms with E-state index in [0.29, 0.717) is 0 Å². The number of nitrogens with zero attached hydrogens (tertiary/aromatic N) is 1. The SMILES string of the molecule is Nc1[nH]c(C2O[C@H](CO)[C@@H](O)[C@H]2O)nc1C(=O)NP(=O)(O)O. The fraction of sp³-hybridized carbons (Fsp3) is 0.556. The zero-order valence-electron chi connectivity index (χ0n) is 10.9. The van der Waals surface area contributed by atoms with Crippen LogP contribution in [-0.4, -0.2) is 65.9 Å². The first-order valence-electron chi connectivity index (χ1n) is 6.00. The first kappa shape index (κ1) is 16.8. The van der Waals surface area contributed by atoms with E-state index in [1.54, 1.807) is 0 Å². The molecule has 0 radical (unpaired) electrons. The lowest BCUT2D eigenvalue weighted by molar-refractivity contribution is -0.0250. The number of imidazole rings is 1. The number of nitrogens with one attached hydrogen (secondary N) is 2. The highest BCUT2D eigenvalue weighted by Crippen LogP contribution is 2.33. The van der Waals surface area contributed by atoms with Gasteiger partial charge in [-0.25, -0.2) is 9.55 Å². The van der Waals surface area contributed by atoms with Crippen molar-refractivity contribution >= 4 is 19.5 Å². The van der Waals surface area contributed by atoms with Gasteiger partial charge in [0.15, 0.2) is 5.69 Å². The average molecular weight is 338 g/mol. The molecule has 124 valence electrons. The number of aliphatic hydroxyl groups is 3. The Balaban J connectivity index is 2.23. The molecular formula is C9H15N4O8P. The summed E-state index contributed by atoms with van der Waals surface area (Å²) in [5, 5.41) is 29.8. The van der Waals surface area contributed by atoms with E-state index in [4.69, 9.17) is 25.4 Å². The molecule has 0 aliphatic carbocycles. The van der Waals surface area contributed by atoms with Gasteiger partial charge in [0.25, 0.3) is 5.91 Å². The third-order valence-corrected chi connectivity index (χ3v) is 3.52. The minimum Gasteiger partial charge on any atom is -0.394 e. The van der Waals surface area contributed by atoms with Gasteiger partial charge in [0.1, 0.15) is 36.1 Å². The number of H-pyrrole nitrogens is 1. The maximum absolute atomic E-state index is 11.6. The monoisotopic (exact) mass is 338 g/mol. The molecule has 1 unspecified atom stereocenters. The third-order valence-electron chi connectivity index (χ3n) is 3.02. The maximum atomic E-state index is 11.6. The van der Waals surface area contributed by atoms with Gasteiger partial charge in [-0.2, -0.15) is 0 Å². The third kappa shape index (κ3) is 3.28. The smallest absolute Gasteiger partial charge is 0.394 e. The Labute approximate surface area is 123 Å². The summed E-state index contributed by atoms with van der Waals surface area (Å²) in [6.45, 7) is -0.545. The maximum Gasteiger partial charge on any atom is 0.430 e. The quantitative estimate of drug-likeness (QED) is 0.260. The van der Waals surface area contributed by atoms with Crippen LogP contribution in [-0.2, 0) is 9.30 Å². The second kappa shape index (κ2) is 5.93. The molecule has 0 aromatic carbocycles. The van der Waals surface area contributed by atoms with E-state index in [9.17, 15) is 19.6 Å². The lowest BCUT2D eigenvalue weighted by Gasteiger charge is -2.11. The topological polar surface area (TPSA) is 211 Å². The van der Waals surface area contributed by atoms with Crippen molar-refractivity contribution in [1.82, 2.24) is 15.1 Å². The predicted octanol–water partition coefficient (Wildman–Crippen LogP) is -3.03. The van der Waals surface area contributed by atoms with Gasteiger partial charge in [-0.05, 0) is 0 Å². The predicted molar refractivity (Wildman–Crippen MR) is 69.2 cm³/mol. The Bertz CT molecular complexity index is 615. The number of carbonyl (C=O) groups is 1. The molecule has 1 aromatic heterocycles. The van der Waals surface area contributed by atoms with Gasteiger partial charge < -0.3 is 40.6 Å². The summed E-state index contributed by atoms with van der Waals surface area (Å²) in [6, 6.07) is 0. The zero-order valence-corrected chi connectivity index (χ0v) is 11.8. The number of aliphatic hydroxyl groups excluding tert-OH is 3. The van der Waals surface area contributed by atoms with Crippen LogP contribution in [0.15, 0.2) is 0 Å². The largest absolute Gasteiger partial charge is 0.430 e. The van der Waals surface area contributed by atoms with Crippen LogP contribution in [0.25, 0.3) is 0 Å². The van der Waals surface area contributed by atoms with Crippen LogP contribution in [0, 0.1) is 0 Å². The van der Waals surface area contributed by atoms with Crippen molar-refractivity contribution in [3.05, 3.63) is 11.5 Å². The number of aromatic nitrogens is 2. The summed E-state index contributed by atoms with van der Waals surface area (Å²) >= 11 is 0. The number of rotatable bonds is 4. The Kier molecular flexibility index (Phi) is 4.54. The van der Waals surface area contributed by atoms with E-state index in [1.165, 1.54) is 5.09 Å². The number of nitrogens with two attached hydrogens (primary N) is 1. The lowest BCUT2D eigenvalue weighted by atomic mass is 10.1. The molecule has 1 amide bonds. The van der Waals surface area contributed by atoms with Gasteiger partial charge in [-0.1, -0.05) is 0 Å². The standard InChI is InChI=1S/C9H15N4O8P/c10-7-3(9(17)13-22(18,19)20)11-8(12-7)6-5(16)4(15)2(1-14)21-6/h2,4-6,14-16H,1,10H2,(H,11,12)(H3,13,17,18,19,20)/t2-,4-,5-,6?/m1/s1. The summed E-state index contributed by atoms with van der Waals surface area (Å²) < 4.78 is 15.9. The number of hydrogen-bond donors (Lipinski definition) is 8. The van der Waals surface area contributed by atoms with E-state index < -0.39 is 50.4 Å². The van der Waals surface area contributed by atoms with Crippen molar-refractivity contribution in [2.75, 3.05) is 12.3 Å². The van der Waals surface area contributed by atoms with Gasteiger partial charge >= 0.3 is 7.75 Å². The van der Waals surface area contributed by atoms with E-state index in [1.807, 2.05) is 0 Å². The van der Waals surface area contributed by atoms with Crippen molar-refractivity contribution in [1.29, 1.82) is 0 Å². The molecule has 1 fully saturated rings. The highest BCUT2D eigenvalue weighted by Gasteiger charge is 2.45. The van der Waals surface area contributed by atoms with E-state index >= 15 is 0 Å². The van der Waals surface area contributed by atoms with E-state index in [-0.39, 0.29) is 11.6 Å². The molecule has 22 heavy (non-hydrogen) atoms. The second-order valence-corrected chi connectivity index (χ2v) is 5.94. The van der Waals surface area contributed by atoms with Crippen LogP contribution in [0.3, 0.4) is 0 Å². The molecule has 1 aliphatic heterocycles. The number of nitrogen functional groups attached to an aromatic ring is 1. The average Bonchev–Trinajstić information content (AvgIpc) is 2.90. The van der Waals surface area contributed by atoms with Gasteiger partial charge in [0.2, 0.25) is 0 Å². The van der Waals surface area contributed by atoms with Gasteiger partial charge in [0.05, 0.1) is 6.61 Å². The molecule has 1 aliphatic rings. The van der Waals surface area contributed by atoms with Gasteiger partial charge in [0, 0.05) is 0 Å². The number of hydrogen-bond acceptors (Lipinski definition) is 8. The number of amides is 1. The number of anilines is 1. The number of ether oxygens (including phenoxy) is 1. The van der Waals surface area contributed by atoms with Crippen molar-refractivity contribution in [3.63, 3.8) is 0 Å². The molecule has 2 heterocycles. The molecule has 13 heteroatoms. The van der Waals surface area contributed by atoms with Crippen molar-refractivity contribution in [3.8, 4) is 0 Å². The van der Waals surface area contributed by atoms with Crippen LogP contribution in [0.1, 0.15) is 22.4 Å². The number of aromatic amines is 1. The lowest BCUT2D eigenvalue weighted by Crippen LogP contribution is -2.32. The molecule has 0 bridgehead atoms. The van der Waals surface area contributed by atoms with Crippen molar-refractivity contribution in [2.24, 2.45) is 0 Å². The van der Waals surface area contributed by atoms with E-state index in [0.717, 1.165) is 0 Å². The Morgan fingerprint density at radius 1 is 1.41 bits per heavy atom. The molecule has 0 spiro atoms. The molecule has 9 N–H and O–H groups in total. The first-order valence-corrected chi connectivity index (χ1v) is 7.61. The van der Waals surface area contributed by atoms with Gasteiger partial charge in [-0.3, -0.25) is 9.88 Å². The summed E-state index contributed by atoms with van der Waals surface area (Å²) in [6.07, 6.45) is -5.03. The van der Waals surface area contributed by atoms with Crippen LogP contribution >= 0.6 is 7.75 Å². The second-order valence-electron chi connectivity index (χ2n) is 4.63. The molecule has 1 saturated heterocycles. The van der Waals surface area contributed by atoms with Crippen LogP contribution in [0.5, 0.6) is 0 Å². The molecule has 12 nitrogen and oxygen atoms in total. The zero-order chi connectivity index (χ0) is 16.7. The Hall–Kier alpha value is -1.53. The normalized spacial score (nSPS) is 28.8. The highest BCUT2D eigenvalue weighted by atomic mass is 31.2. The van der Waals surface area contributed by atoms with Crippen molar-refractivity contribution < 1.29 is 39.2 Å². The number of carbonyl (C=O) groups excluding carboxylic acids is 1. The van der Waals surface area contributed by atoms with E-state index in [2.05, 4.69) is 9.97 Å². The fourth-order valence-corrected chi connectivity index (χ4v) is 2.39. The molecule has 2 rings (SSSR count). The molecular weight excluding hydrogens is 323 g/mol. The minimum absolute atomic E-state index is 0.129.